The van der Waals surface area contributed by atoms with Crippen molar-refractivity contribution in [3.8, 4) is 0 Å². The lowest BCUT2D eigenvalue weighted by Crippen LogP contribution is -2.65. The number of hydrogen-bond donors (Lipinski definition) is 3. The van der Waals surface area contributed by atoms with Crippen LogP contribution in [0.5, 0.6) is 0 Å². The van der Waals surface area contributed by atoms with Crippen LogP contribution in [0.25, 0.3) is 0 Å². The van der Waals surface area contributed by atoms with E-state index in [0.29, 0.717) is 19.3 Å². The minimum atomic E-state index is -1.09. The Bertz CT molecular complexity index is 361. The Morgan fingerprint density at radius 1 is 1.28 bits per heavy atom. The van der Waals surface area contributed by atoms with E-state index in [-0.39, 0.29) is 12.6 Å². The van der Waals surface area contributed by atoms with Crippen molar-refractivity contribution in [1.29, 1.82) is 0 Å². The van der Waals surface area contributed by atoms with Gasteiger partial charge in [0.2, 0.25) is 0 Å². The molecule has 2 heterocycles. The molecule has 0 radical (unpaired) electrons. The lowest BCUT2D eigenvalue weighted by Gasteiger charge is -2.46. The van der Waals surface area contributed by atoms with Gasteiger partial charge in [-0.1, -0.05) is 6.92 Å². The highest BCUT2D eigenvalue weighted by Crippen LogP contribution is 2.36. The highest BCUT2D eigenvalue weighted by molar-refractivity contribution is 5.70. The molecule has 2 saturated heterocycles. The molecule has 3 N–H and O–H groups in total. The van der Waals surface area contributed by atoms with Crippen LogP contribution in [0.4, 0.5) is 9.59 Å². The lowest BCUT2D eigenvalue weighted by atomic mass is 9.96. The quantitative estimate of drug-likeness (QED) is 0.674. The van der Waals surface area contributed by atoms with Gasteiger partial charge in [0.1, 0.15) is 0 Å². The normalized spacial score (nSPS) is 32.4. The summed E-state index contributed by atoms with van der Waals surface area (Å²) in [4.78, 5) is 25.0. The first-order valence-electron chi connectivity index (χ1n) is 6.16. The largest absolute Gasteiger partial charge is 0.465 e. The van der Waals surface area contributed by atoms with Crippen LogP contribution in [-0.2, 0) is 0 Å². The fraction of sp³-hybridized carbons (Fsp3) is 0.818. The molecule has 2 rings (SSSR count). The lowest BCUT2D eigenvalue weighted by molar-refractivity contribution is -0.0291. The molecule has 2 fully saturated rings. The van der Waals surface area contributed by atoms with Crippen molar-refractivity contribution in [2.75, 3.05) is 6.54 Å². The summed E-state index contributed by atoms with van der Waals surface area (Å²) in [6.07, 6.45) is -1.26. The first-order valence-corrected chi connectivity index (χ1v) is 6.16. The molecule has 2 aliphatic rings. The average Bonchev–Trinajstić information content (AvgIpc) is 2.63. The van der Waals surface area contributed by atoms with E-state index in [1.54, 1.807) is 6.92 Å². The number of nitrogens with zero attached hydrogens (tertiary/aromatic N) is 2. The van der Waals surface area contributed by atoms with Crippen LogP contribution < -0.4 is 0 Å². The molecule has 0 aromatic rings. The molecule has 102 valence electrons. The molecule has 0 aliphatic carbocycles. The van der Waals surface area contributed by atoms with Crippen LogP contribution in [0.3, 0.4) is 0 Å². The van der Waals surface area contributed by atoms with Crippen LogP contribution >= 0.6 is 0 Å². The number of amides is 2. The number of likely N-dealkylation sites (tertiary alicyclic amines) is 1. The van der Waals surface area contributed by atoms with E-state index in [1.165, 1.54) is 9.80 Å². The Morgan fingerprint density at radius 3 is 2.44 bits per heavy atom. The van der Waals surface area contributed by atoms with Crippen LogP contribution in [0.2, 0.25) is 0 Å². The number of fused-ring (bicyclic) bond motifs is 2. The van der Waals surface area contributed by atoms with Crippen molar-refractivity contribution in [3.63, 3.8) is 0 Å². The highest BCUT2D eigenvalue weighted by Gasteiger charge is 2.51. The maximum Gasteiger partial charge on any atom is 0.407 e. The van der Waals surface area contributed by atoms with Gasteiger partial charge in [-0.15, -0.1) is 0 Å². The van der Waals surface area contributed by atoms with Gasteiger partial charge in [0.05, 0.1) is 24.2 Å². The van der Waals surface area contributed by atoms with Crippen molar-refractivity contribution in [3.05, 3.63) is 0 Å². The van der Waals surface area contributed by atoms with Gasteiger partial charge >= 0.3 is 12.2 Å². The van der Waals surface area contributed by atoms with Crippen molar-refractivity contribution >= 4 is 12.2 Å². The number of piperazine rings is 1. The predicted molar refractivity (Wildman–Crippen MR) is 61.5 cm³/mol. The van der Waals surface area contributed by atoms with Gasteiger partial charge in [0.15, 0.2) is 0 Å². The van der Waals surface area contributed by atoms with E-state index < -0.39 is 30.4 Å². The van der Waals surface area contributed by atoms with Crippen molar-refractivity contribution < 1.29 is 24.9 Å². The number of hydrogen-bond acceptors (Lipinski definition) is 3. The molecule has 0 spiro atoms. The summed E-state index contributed by atoms with van der Waals surface area (Å²) >= 11 is 0. The van der Waals surface area contributed by atoms with Crippen LogP contribution in [-0.4, -0.2) is 68.1 Å². The molecule has 0 aromatic carbocycles. The van der Waals surface area contributed by atoms with Gasteiger partial charge in [-0.2, -0.15) is 0 Å². The van der Waals surface area contributed by atoms with E-state index >= 15 is 0 Å². The molecule has 2 aliphatic heterocycles. The monoisotopic (exact) mass is 258 g/mol. The van der Waals surface area contributed by atoms with Crippen LogP contribution in [0.15, 0.2) is 0 Å². The number of rotatable bonds is 2. The summed E-state index contributed by atoms with van der Waals surface area (Å²) in [7, 11) is 0. The third kappa shape index (κ3) is 1.88. The Kier molecular flexibility index (Phi) is 3.34. The second-order valence-electron chi connectivity index (χ2n) is 4.89. The number of aliphatic hydroxyl groups excluding tert-OH is 1. The molecule has 7 heteroatoms. The summed E-state index contributed by atoms with van der Waals surface area (Å²) in [6.45, 7) is 1.91. The first-order chi connectivity index (χ1) is 8.47. The minimum Gasteiger partial charge on any atom is -0.465 e. The summed E-state index contributed by atoms with van der Waals surface area (Å²) < 4.78 is 0. The fourth-order valence-electron chi connectivity index (χ4n) is 3.19. The summed E-state index contributed by atoms with van der Waals surface area (Å²) in [6, 6.07) is -1.35. The van der Waals surface area contributed by atoms with Gasteiger partial charge in [-0.05, 0) is 19.3 Å². The van der Waals surface area contributed by atoms with Crippen LogP contribution in [0, 0.1) is 0 Å². The molecular weight excluding hydrogens is 240 g/mol. The van der Waals surface area contributed by atoms with Crippen molar-refractivity contribution in [2.45, 2.75) is 50.4 Å². The van der Waals surface area contributed by atoms with E-state index in [0.717, 1.165) is 0 Å². The zero-order valence-corrected chi connectivity index (χ0v) is 10.2. The summed E-state index contributed by atoms with van der Waals surface area (Å²) in [5.41, 5.74) is 0. The van der Waals surface area contributed by atoms with Crippen molar-refractivity contribution in [1.82, 2.24) is 9.80 Å². The van der Waals surface area contributed by atoms with Crippen molar-refractivity contribution in [2.24, 2.45) is 0 Å². The maximum atomic E-state index is 11.2. The molecule has 18 heavy (non-hydrogen) atoms. The smallest absolute Gasteiger partial charge is 0.407 e. The molecule has 0 aromatic heterocycles. The molecule has 7 nitrogen and oxygen atoms in total. The van der Waals surface area contributed by atoms with Gasteiger partial charge in [-0.3, -0.25) is 9.80 Å². The minimum absolute atomic E-state index is 0.153. The number of carboxylic acid groups (broad SMARTS) is 2. The Morgan fingerprint density at radius 2 is 1.94 bits per heavy atom. The SMILES string of the molecule is CCC(O)[C@@H]1[C@@H]2CC[C@H](CN1C(=O)O)N2C(=O)O. The number of carbonyl (C=O) groups is 2. The molecule has 0 saturated carbocycles. The zero-order valence-electron chi connectivity index (χ0n) is 10.2. The Labute approximate surface area is 105 Å². The summed E-state index contributed by atoms with van der Waals surface area (Å²) in [5.74, 6) is 0. The zero-order chi connectivity index (χ0) is 13.4. The summed E-state index contributed by atoms with van der Waals surface area (Å²) in [5, 5.41) is 28.4. The molecule has 4 atom stereocenters. The molecular formula is C11H18N2O5. The predicted octanol–water partition coefficient (Wildman–Crippen LogP) is 0.630. The Balaban J connectivity index is 2.30. The maximum absolute atomic E-state index is 11.2. The third-order valence-electron chi connectivity index (χ3n) is 3.99. The number of aliphatic hydroxyl groups is 1. The van der Waals surface area contributed by atoms with E-state index in [2.05, 4.69) is 0 Å². The average molecular weight is 258 g/mol. The standard InChI is InChI=1S/C11H18N2O5/c1-2-8(14)9-7-4-3-6(13(7)11(17)18)5-12(9)10(15)16/h6-9,14H,2-5H2,1H3,(H,15,16)(H,17,18)/t6-,7+,8?,9+/m1/s1. The van der Waals surface area contributed by atoms with Gasteiger partial charge in [0.25, 0.3) is 0 Å². The third-order valence-corrected chi connectivity index (χ3v) is 3.99. The molecule has 1 unspecified atom stereocenters. The highest BCUT2D eigenvalue weighted by atomic mass is 16.4. The van der Waals surface area contributed by atoms with Gasteiger partial charge in [0, 0.05) is 6.54 Å². The molecule has 2 bridgehead atoms. The Hall–Kier alpha value is -1.50. The second-order valence-corrected chi connectivity index (χ2v) is 4.89. The fourth-order valence-corrected chi connectivity index (χ4v) is 3.19. The van der Waals surface area contributed by atoms with E-state index in [9.17, 15) is 24.9 Å². The van der Waals surface area contributed by atoms with Crippen LogP contribution in [0.1, 0.15) is 26.2 Å². The van der Waals surface area contributed by atoms with E-state index in [1.807, 2.05) is 0 Å². The topological polar surface area (TPSA) is 101 Å². The second kappa shape index (κ2) is 4.64. The van der Waals surface area contributed by atoms with Gasteiger partial charge < -0.3 is 15.3 Å². The molecule has 2 amide bonds. The first kappa shape index (κ1) is 12.9. The van der Waals surface area contributed by atoms with Gasteiger partial charge in [-0.25, -0.2) is 9.59 Å². The van der Waals surface area contributed by atoms with E-state index in [4.69, 9.17) is 0 Å².